The highest BCUT2D eigenvalue weighted by atomic mass is 16.5. The van der Waals surface area contributed by atoms with Crippen molar-refractivity contribution in [2.24, 2.45) is 5.73 Å². The van der Waals surface area contributed by atoms with Gasteiger partial charge in [-0.15, -0.1) is 0 Å². The lowest BCUT2D eigenvalue weighted by molar-refractivity contribution is -0.139. The van der Waals surface area contributed by atoms with Gasteiger partial charge in [0.25, 0.3) is 0 Å². The molecule has 0 spiro atoms. The highest BCUT2D eigenvalue weighted by Crippen LogP contribution is 1.98. The van der Waals surface area contributed by atoms with Crippen molar-refractivity contribution in [3.63, 3.8) is 0 Å². The molecule has 0 rings (SSSR count). The molecule has 98 valence electrons. The van der Waals surface area contributed by atoms with Gasteiger partial charge in [0.2, 0.25) is 5.91 Å². The molecule has 1 atom stereocenters. The van der Waals surface area contributed by atoms with Gasteiger partial charge in [-0.05, 0) is 12.8 Å². The Balaban J connectivity index is 4.02. The predicted molar refractivity (Wildman–Crippen MR) is 59.2 cm³/mol. The van der Waals surface area contributed by atoms with Crippen molar-refractivity contribution in [3.8, 4) is 0 Å². The molecule has 7 heteroatoms. The number of rotatable bonds is 8. The number of primary amides is 1. The predicted octanol–water partition coefficient (Wildman–Crippen LogP) is 0.231. The van der Waals surface area contributed by atoms with E-state index in [-0.39, 0.29) is 19.4 Å². The number of hydrogen-bond acceptors (Lipinski definition) is 4. The summed E-state index contributed by atoms with van der Waals surface area (Å²) in [6, 6.07) is -1.16. The molecule has 0 saturated carbocycles. The van der Waals surface area contributed by atoms with Crippen LogP contribution in [0.25, 0.3) is 0 Å². The molecule has 0 aromatic rings. The van der Waals surface area contributed by atoms with Crippen LogP contribution in [0, 0.1) is 0 Å². The molecule has 2 amide bonds. The molecule has 4 N–H and O–H groups in total. The highest BCUT2D eigenvalue weighted by molar-refractivity contribution is 5.81. The fourth-order valence-corrected chi connectivity index (χ4v) is 1.04. The first-order valence-corrected chi connectivity index (χ1v) is 5.41. The Morgan fingerprint density at radius 2 is 2.06 bits per heavy atom. The molecule has 1 unspecified atom stereocenters. The first kappa shape index (κ1) is 15.2. The number of carbonyl (C=O) groups excluding carboxylic acids is 2. The number of carbonyl (C=O) groups is 3. The summed E-state index contributed by atoms with van der Waals surface area (Å²) in [6.45, 7) is 2.18. The zero-order valence-corrected chi connectivity index (χ0v) is 9.77. The summed E-state index contributed by atoms with van der Waals surface area (Å²) in [5.41, 5.74) is 4.89. The van der Waals surface area contributed by atoms with E-state index in [4.69, 9.17) is 15.6 Å². The van der Waals surface area contributed by atoms with E-state index in [1.165, 1.54) is 0 Å². The van der Waals surface area contributed by atoms with Gasteiger partial charge in [0.05, 0.1) is 6.61 Å². The maximum Gasteiger partial charge on any atom is 0.407 e. The normalized spacial score (nSPS) is 11.6. The number of alkyl carbamates (subject to hydrolysis) is 1. The molecule has 0 fully saturated rings. The van der Waals surface area contributed by atoms with Gasteiger partial charge in [0.1, 0.15) is 6.04 Å². The molecular weight excluding hydrogens is 228 g/mol. The number of nitrogens with one attached hydrogen (secondary N) is 1. The van der Waals surface area contributed by atoms with Gasteiger partial charge in [-0.2, -0.15) is 0 Å². The Labute approximate surface area is 99.3 Å². The van der Waals surface area contributed by atoms with Crippen molar-refractivity contribution in [2.75, 3.05) is 6.61 Å². The molecule has 0 aromatic carbocycles. The number of carboxylic acid groups (broad SMARTS) is 1. The second kappa shape index (κ2) is 8.37. The van der Waals surface area contributed by atoms with Crippen molar-refractivity contribution in [3.05, 3.63) is 0 Å². The number of hydrogen-bond donors (Lipinski definition) is 3. The van der Waals surface area contributed by atoms with Crippen molar-refractivity contribution < 1.29 is 24.2 Å². The van der Waals surface area contributed by atoms with Crippen LogP contribution in [-0.4, -0.2) is 35.7 Å². The van der Waals surface area contributed by atoms with E-state index in [1.807, 2.05) is 6.92 Å². The summed E-state index contributed by atoms with van der Waals surface area (Å²) in [5.74, 6) is -1.84. The average molecular weight is 246 g/mol. The van der Waals surface area contributed by atoms with Gasteiger partial charge in [-0.25, -0.2) is 9.59 Å². The molecule has 17 heavy (non-hydrogen) atoms. The van der Waals surface area contributed by atoms with Crippen LogP contribution >= 0.6 is 0 Å². The quantitative estimate of drug-likeness (QED) is 0.530. The lowest BCUT2D eigenvalue weighted by atomic mass is 10.1. The van der Waals surface area contributed by atoms with Crippen LogP contribution in [0.1, 0.15) is 32.6 Å². The first-order chi connectivity index (χ1) is 7.97. The topological polar surface area (TPSA) is 119 Å². The summed E-state index contributed by atoms with van der Waals surface area (Å²) < 4.78 is 4.74. The number of ether oxygens (including phenoxy) is 1. The summed E-state index contributed by atoms with van der Waals surface area (Å²) in [6.07, 6.45) is 0.638. The summed E-state index contributed by atoms with van der Waals surface area (Å²) in [7, 11) is 0. The van der Waals surface area contributed by atoms with Gasteiger partial charge < -0.3 is 20.9 Å². The Kier molecular flexibility index (Phi) is 7.49. The van der Waals surface area contributed by atoms with Crippen LogP contribution in [0.5, 0.6) is 0 Å². The smallest absolute Gasteiger partial charge is 0.407 e. The van der Waals surface area contributed by atoms with Gasteiger partial charge >= 0.3 is 12.1 Å². The third-order valence-corrected chi connectivity index (χ3v) is 2.00. The Morgan fingerprint density at radius 3 is 2.53 bits per heavy atom. The van der Waals surface area contributed by atoms with Crippen molar-refractivity contribution in [1.82, 2.24) is 5.32 Å². The standard InChI is InChI=1S/C10H18N2O5/c1-2-3-6-17-10(16)12-7(9(14)15)4-5-8(11)13/h7H,2-6H2,1H3,(H2,11,13)(H,12,16)(H,14,15). The Morgan fingerprint density at radius 1 is 1.41 bits per heavy atom. The number of carboxylic acids is 1. The van der Waals surface area contributed by atoms with E-state index in [2.05, 4.69) is 5.32 Å². The first-order valence-electron chi connectivity index (χ1n) is 5.41. The molecule has 7 nitrogen and oxygen atoms in total. The maximum atomic E-state index is 11.2. The fourth-order valence-electron chi connectivity index (χ4n) is 1.04. The van der Waals surface area contributed by atoms with E-state index < -0.39 is 24.0 Å². The molecule has 0 heterocycles. The van der Waals surface area contributed by atoms with Crippen LogP contribution in [0.4, 0.5) is 4.79 Å². The zero-order valence-electron chi connectivity index (χ0n) is 9.77. The lowest BCUT2D eigenvalue weighted by Gasteiger charge is -2.13. The lowest BCUT2D eigenvalue weighted by Crippen LogP contribution is -2.41. The summed E-state index contributed by atoms with van der Waals surface area (Å²) >= 11 is 0. The zero-order chi connectivity index (χ0) is 13.3. The summed E-state index contributed by atoms with van der Waals surface area (Å²) in [4.78, 5) is 32.4. The van der Waals surface area contributed by atoms with E-state index in [0.29, 0.717) is 6.42 Å². The Bertz CT molecular complexity index is 280. The number of amides is 2. The van der Waals surface area contributed by atoms with Gasteiger partial charge in [0.15, 0.2) is 0 Å². The van der Waals surface area contributed by atoms with Crippen LogP contribution in [0.3, 0.4) is 0 Å². The van der Waals surface area contributed by atoms with Crippen molar-refractivity contribution >= 4 is 18.0 Å². The molecule has 0 saturated heterocycles. The molecule has 0 radical (unpaired) electrons. The molecule has 0 aliphatic carbocycles. The van der Waals surface area contributed by atoms with E-state index in [9.17, 15) is 14.4 Å². The fraction of sp³-hybridized carbons (Fsp3) is 0.700. The van der Waals surface area contributed by atoms with Gasteiger partial charge in [-0.3, -0.25) is 4.79 Å². The van der Waals surface area contributed by atoms with Gasteiger partial charge in [0, 0.05) is 6.42 Å². The van der Waals surface area contributed by atoms with Crippen molar-refractivity contribution in [2.45, 2.75) is 38.6 Å². The summed E-state index contributed by atoms with van der Waals surface area (Å²) in [5, 5.41) is 10.9. The molecule has 0 aliphatic heterocycles. The largest absolute Gasteiger partial charge is 0.480 e. The third kappa shape index (κ3) is 8.06. The molecule has 0 aliphatic rings. The minimum absolute atomic E-state index is 0.0481. The minimum atomic E-state index is -1.22. The van der Waals surface area contributed by atoms with Crippen LogP contribution in [0.15, 0.2) is 0 Å². The van der Waals surface area contributed by atoms with E-state index in [0.717, 1.165) is 6.42 Å². The SMILES string of the molecule is CCCCOC(=O)NC(CCC(N)=O)C(=O)O. The highest BCUT2D eigenvalue weighted by Gasteiger charge is 2.20. The number of nitrogens with two attached hydrogens (primary N) is 1. The third-order valence-electron chi connectivity index (χ3n) is 2.00. The molecular formula is C10H18N2O5. The van der Waals surface area contributed by atoms with Gasteiger partial charge in [-0.1, -0.05) is 13.3 Å². The molecule has 0 bridgehead atoms. The van der Waals surface area contributed by atoms with Crippen LogP contribution < -0.4 is 11.1 Å². The molecule has 0 aromatic heterocycles. The van der Waals surface area contributed by atoms with E-state index >= 15 is 0 Å². The maximum absolute atomic E-state index is 11.2. The minimum Gasteiger partial charge on any atom is -0.480 e. The Hall–Kier alpha value is -1.79. The number of unbranched alkanes of at least 4 members (excludes halogenated alkanes) is 1. The van der Waals surface area contributed by atoms with Crippen molar-refractivity contribution in [1.29, 1.82) is 0 Å². The second-order valence-electron chi connectivity index (χ2n) is 3.53. The monoisotopic (exact) mass is 246 g/mol. The van der Waals surface area contributed by atoms with Crippen LogP contribution in [0.2, 0.25) is 0 Å². The second-order valence-corrected chi connectivity index (χ2v) is 3.53. The van der Waals surface area contributed by atoms with E-state index in [1.54, 1.807) is 0 Å². The number of aliphatic carboxylic acids is 1. The average Bonchev–Trinajstić information content (AvgIpc) is 2.23. The van der Waals surface area contributed by atoms with Crippen LogP contribution in [-0.2, 0) is 14.3 Å².